The average Bonchev–Trinajstić information content (AvgIpc) is 2.77. The predicted molar refractivity (Wildman–Crippen MR) is 112 cm³/mol. The van der Waals surface area contributed by atoms with Crippen molar-refractivity contribution < 1.29 is 14.6 Å². The number of amides is 1. The molecule has 0 aliphatic heterocycles. The fourth-order valence-corrected chi connectivity index (χ4v) is 4.26. The minimum atomic E-state index is -0.461. The first-order valence-corrected chi connectivity index (χ1v) is 9.87. The van der Waals surface area contributed by atoms with Crippen LogP contribution in [0.4, 0.5) is 0 Å². The zero-order valence-electron chi connectivity index (χ0n) is 16.4. The number of nitrogens with one attached hydrogen (secondary N) is 1. The molecule has 0 saturated heterocycles. The van der Waals surface area contributed by atoms with Gasteiger partial charge in [0.2, 0.25) is 0 Å². The molecular weight excluding hydrogens is 350 g/mol. The summed E-state index contributed by atoms with van der Waals surface area (Å²) in [5.41, 5.74) is 1.65. The van der Waals surface area contributed by atoms with E-state index in [2.05, 4.69) is 24.0 Å². The predicted octanol–water partition coefficient (Wildman–Crippen LogP) is 4.10. The Balaban J connectivity index is 1.78. The molecule has 0 radical (unpaired) electrons. The van der Waals surface area contributed by atoms with Gasteiger partial charge in [0.05, 0.1) is 18.8 Å². The first kappa shape index (κ1) is 20.2. The van der Waals surface area contributed by atoms with E-state index in [0.29, 0.717) is 17.9 Å². The summed E-state index contributed by atoms with van der Waals surface area (Å²) in [6.07, 6.45) is 4.82. The van der Waals surface area contributed by atoms with E-state index in [1.807, 2.05) is 30.3 Å². The lowest BCUT2D eigenvalue weighted by Crippen LogP contribution is -2.44. The third-order valence-electron chi connectivity index (χ3n) is 6.04. The van der Waals surface area contributed by atoms with Gasteiger partial charge in [0.25, 0.3) is 5.91 Å². The monoisotopic (exact) mass is 379 g/mol. The molecule has 1 fully saturated rings. The van der Waals surface area contributed by atoms with Crippen LogP contribution >= 0.6 is 0 Å². The Labute approximate surface area is 167 Å². The lowest BCUT2D eigenvalue weighted by atomic mass is 9.65. The van der Waals surface area contributed by atoms with Crippen LogP contribution in [0.5, 0.6) is 5.75 Å². The average molecular weight is 380 g/mol. The van der Waals surface area contributed by atoms with Crippen molar-refractivity contribution >= 4 is 5.91 Å². The molecule has 1 atom stereocenters. The van der Waals surface area contributed by atoms with E-state index in [-0.39, 0.29) is 17.2 Å². The number of hydrogen-bond donors (Lipinski definition) is 2. The maximum Gasteiger partial charge on any atom is 0.255 e. The normalized spacial score (nSPS) is 22.9. The van der Waals surface area contributed by atoms with E-state index in [4.69, 9.17) is 4.74 Å². The summed E-state index contributed by atoms with van der Waals surface area (Å²) in [5, 5.41) is 13.3. The maximum atomic E-state index is 12.8. The second-order valence-electron chi connectivity index (χ2n) is 7.59. The van der Waals surface area contributed by atoms with Gasteiger partial charge in [0.1, 0.15) is 5.75 Å². The minimum Gasteiger partial charge on any atom is -0.496 e. The van der Waals surface area contributed by atoms with Crippen LogP contribution in [0.1, 0.15) is 41.6 Å². The Morgan fingerprint density at radius 1 is 1.21 bits per heavy atom. The number of carbonyl (C=O) groups excluding carboxylic acids is 1. The Bertz CT molecular complexity index is 795. The van der Waals surface area contributed by atoms with Gasteiger partial charge >= 0.3 is 0 Å². The SMILES string of the molecule is C=CC(O)C1CCC(CNC(=O)c2ccccc2OC)(c2ccccc2)CC1. The van der Waals surface area contributed by atoms with Crippen molar-refractivity contribution in [3.63, 3.8) is 0 Å². The van der Waals surface area contributed by atoms with Gasteiger partial charge in [-0.1, -0.05) is 48.5 Å². The second-order valence-corrected chi connectivity index (χ2v) is 7.59. The zero-order valence-corrected chi connectivity index (χ0v) is 16.4. The number of rotatable bonds is 7. The third-order valence-corrected chi connectivity index (χ3v) is 6.04. The molecule has 1 aliphatic carbocycles. The lowest BCUT2D eigenvalue weighted by Gasteiger charge is -2.41. The second kappa shape index (κ2) is 9.07. The van der Waals surface area contributed by atoms with Crippen LogP contribution in [-0.2, 0) is 5.41 Å². The summed E-state index contributed by atoms with van der Waals surface area (Å²) in [6, 6.07) is 17.6. The van der Waals surface area contributed by atoms with E-state index in [9.17, 15) is 9.90 Å². The molecular formula is C24H29NO3. The molecule has 0 spiro atoms. The van der Waals surface area contributed by atoms with E-state index in [1.165, 1.54) is 5.56 Å². The summed E-state index contributed by atoms with van der Waals surface area (Å²) >= 11 is 0. The van der Waals surface area contributed by atoms with Gasteiger partial charge in [-0.3, -0.25) is 4.79 Å². The van der Waals surface area contributed by atoms with Gasteiger partial charge in [-0.2, -0.15) is 0 Å². The number of methoxy groups -OCH3 is 1. The molecule has 148 valence electrons. The Kier molecular flexibility index (Phi) is 6.53. The van der Waals surface area contributed by atoms with E-state index in [0.717, 1.165) is 25.7 Å². The van der Waals surface area contributed by atoms with Gasteiger partial charge < -0.3 is 15.2 Å². The van der Waals surface area contributed by atoms with Crippen LogP contribution in [0.2, 0.25) is 0 Å². The molecule has 1 amide bonds. The fraction of sp³-hybridized carbons (Fsp3) is 0.375. The van der Waals surface area contributed by atoms with E-state index < -0.39 is 6.10 Å². The summed E-state index contributed by atoms with van der Waals surface area (Å²) in [4.78, 5) is 12.8. The standard InChI is InChI=1S/C24H29NO3/c1-3-21(26)18-13-15-24(16-14-18,19-9-5-4-6-10-19)17-25-23(27)20-11-7-8-12-22(20)28-2/h3-12,18,21,26H,1,13-17H2,2H3,(H,25,27). The highest BCUT2D eigenvalue weighted by atomic mass is 16.5. The van der Waals surface area contributed by atoms with Gasteiger partial charge in [-0.15, -0.1) is 6.58 Å². The molecule has 4 heteroatoms. The molecule has 2 aromatic carbocycles. The van der Waals surface area contributed by atoms with Crippen LogP contribution in [0.15, 0.2) is 67.3 Å². The number of carbonyl (C=O) groups is 1. The Hall–Kier alpha value is -2.59. The number of ether oxygens (including phenoxy) is 1. The maximum absolute atomic E-state index is 12.8. The molecule has 2 N–H and O–H groups in total. The van der Waals surface area contributed by atoms with Gasteiger partial charge in [0, 0.05) is 12.0 Å². The van der Waals surface area contributed by atoms with Crippen LogP contribution in [0, 0.1) is 5.92 Å². The number of aliphatic hydroxyl groups is 1. The minimum absolute atomic E-state index is 0.124. The van der Waals surface area contributed by atoms with E-state index >= 15 is 0 Å². The van der Waals surface area contributed by atoms with Gasteiger partial charge in [0.15, 0.2) is 0 Å². The molecule has 2 aromatic rings. The summed E-state index contributed by atoms with van der Waals surface area (Å²) in [6.45, 7) is 4.28. The van der Waals surface area contributed by atoms with Crippen molar-refractivity contribution in [2.45, 2.75) is 37.2 Å². The van der Waals surface area contributed by atoms with Gasteiger partial charge in [-0.05, 0) is 49.3 Å². The highest BCUT2D eigenvalue weighted by Gasteiger charge is 2.38. The molecule has 4 nitrogen and oxygen atoms in total. The van der Waals surface area contributed by atoms with Gasteiger partial charge in [-0.25, -0.2) is 0 Å². The number of para-hydroxylation sites is 1. The smallest absolute Gasteiger partial charge is 0.255 e. The molecule has 0 heterocycles. The van der Waals surface area contributed by atoms with Crippen molar-refractivity contribution in [3.05, 3.63) is 78.4 Å². The molecule has 1 unspecified atom stereocenters. The third kappa shape index (κ3) is 4.28. The molecule has 0 aromatic heterocycles. The van der Waals surface area contributed by atoms with Crippen molar-refractivity contribution in [2.75, 3.05) is 13.7 Å². The molecule has 1 aliphatic rings. The summed E-state index contributed by atoms with van der Waals surface area (Å²) in [7, 11) is 1.57. The van der Waals surface area contributed by atoms with Crippen LogP contribution < -0.4 is 10.1 Å². The number of benzene rings is 2. The van der Waals surface area contributed by atoms with Crippen molar-refractivity contribution in [1.29, 1.82) is 0 Å². The van der Waals surface area contributed by atoms with Crippen molar-refractivity contribution in [1.82, 2.24) is 5.32 Å². The Morgan fingerprint density at radius 3 is 2.50 bits per heavy atom. The highest BCUT2D eigenvalue weighted by Crippen LogP contribution is 2.42. The first-order chi connectivity index (χ1) is 13.6. The Morgan fingerprint density at radius 2 is 1.86 bits per heavy atom. The lowest BCUT2D eigenvalue weighted by molar-refractivity contribution is 0.0873. The largest absolute Gasteiger partial charge is 0.496 e. The molecule has 0 bridgehead atoms. The highest BCUT2D eigenvalue weighted by molar-refractivity contribution is 5.96. The number of aliphatic hydroxyl groups excluding tert-OH is 1. The summed E-state index contributed by atoms with van der Waals surface area (Å²) in [5.74, 6) is 0.687. The summed E-state index contributed by atoms with van der Waals surface area (Å²) < 4.78 is 5.32. The fourth-order valence-electron chi connectivity index (χ4n) is 4.26. The first-order valence-electron chi connectivity index (χ1n) is 9.87. The van der Waals surface area contributed by atoms with Crippen LogP contribution in [-0.4, -0.2) is 30.8 Å². The molecule has 1 saturated carbocycles. The number of hydrogen-bond acceptors (Lipinski definition) is 3. The molecule has 28 heavy (non-hydrogen) atoms. The molecule has 3 rings (SSSR count). The topological polar surface area (TPSA) is 58.6 Å². The quantitative estimate of drug-likeness (QED) is 0.712. The van der Waals surface area contributed by atoms with Crippen LogP contribution in [0.3, 0.4) is 0 Å². The van der Waals surface area contributed by atoms with Crippen molar-refractivity contribution in [3.8, 4) is 5.75 Å². The zero-order chi connectivity index (χ0) is 20.0. The van der Waals surface area contributed by atoms with Crippen molar-refractivity contribution in [2.24, 2.45) is 5.92 Å². The van der Waals surface area contributed by atoms with Crippen LogP contribution in [0.25, 0.3) is 0 Å². The van der Waals surface area contributed by atoms with E-state index in [1.54, 1.807) is 25.3 Å².